The van der Waals surface area contributed by atoms with Crippen LogP contribution in [-0.2, 0) is 11.3 Å². The Kier molecular flexibility index (Phi) is 6.32. The van der Waals surface area contributed by atoms with Crippen molar-refractivity contribution in [2.45, 2.75) is 6.54 Å². The van der Waals surface area contributed by atoms with Crippen LogP contribution in [0, 0.1) is 0 Å². The van der Waals surface area contributed by atoms with Crippen LogP contribution < -0.4 is 10.1 Å². The van der Waals surface area contributed by atoms with Crippen molar-refractivity contribution in [3.8, 4) is 5.75 Å². The molecule has 1 amide bonds. The molecule has 32 heavy (non-hydrogen) atoms. The lowest BCUT2D eigenvalue weighted by Crippen LogP contribution is -2.27. The van der Waals surface area contributed by atoms with Crippen LogP contribution in [0.25, 0.3) is 16.8 Å². The van der Waals surface area contributed by atoms with Gasteiger partial charge in [-0.05, 0) is 47.4 Å². The average molecular weight is 427 g/mol. The first kappa shape index (κ1) is 20.9. The number of hydrogen-bond acceptors (Lipinski definition) is 4. The van der Waals surface area contributed by atoms with E-state index >= 15 is 0 Å². The standard InChI is InChI=1S/C26H21NO5/c28-25(27-16-22-7-4-14-31-22)21(15-18-10-12-20(13-11-18)26(29)30)17-32-24-9-3-6-19-5-1-2-8-23(19)24/h1-15H,16-17H2,(H,27,28)(H,29,30). The van der Waals surface area contributed by atoms with Gasteiger partial charge in [-0.2, -0.15) is 0 Å². The van der Waals surface area contributed by atoms with E-state index in [4.69, 9.17) is 14.3 Å². The van der Waals surface area contributed by atoms with Gasteiger partial charge in [0.2, 0.25) is 0 Å². The Bertz CT molecular complexity index is 1250. The Morgan fingerprint density at radius 1 is 0.938 bits per heavy atom. The van der Waals surface area contributed by atoms with Crippen molar-refractivity contribution in [1.29, 1.82) is 0 Å². The fourth-order valence-electron chi connectivity index (χ4n) is 3.27. The van der Waals surface area contributed by atoms with Crippen LogP contribution in [0.4, 0.5) is 0 Å². The molecule has 6 heteroatoms. The van der Waals surface area contributed by atoms with E-state index in [1.54, 1.807) is 36.6 Å². The third-order valence-electron chi connectivity index (χ3n) is 4.93. The number of benzene rings is 3. The Morgan fingerprint density at radius 3 is 2.47 bits per heavy atom. The number of hydrogen-bond donors (Lipinski definition) is 2. The van der Waals surface area contributed by atoms with Gasteiger partial charge in [-0.15, -0.1) is 0 Å². The van der Waals surface area contributed by atoms with Gasteiger partial charge in [0.15, 0.2) is 0 Å². The zero-order valence-corrected chi connectivity index (χ0v) is 17.2. The summed E-state index contributed by atoms with van der Waals surface area (Å²) < 4.78 is 11.3. The summed E-state index contributed by atoms with van der Waals surface area (Å²) in [4.78, 5) is 24.0. The highest BCUT2D eigenvalue weighted by Gasteiger charge is 2.13. The van der Waals surface area contributed by atoms with E-state index in [9.17, 15) is 9.59 Å². The Morgan fingerprint density at radius 2 is 1.72 bits per heavy atom. The van der Waals surface area contributed by atoms with Gasteiger partial charge in [0.1, 0.15) is 18.1 Å². The summed E-state index contributed by atoms with van der Waals surface area (Å²) >= 11 is 0. The lowest BCUT2D eigenvalue weighted by molar-refractivity contribution is -0.118. The summed E-state index contributed by atoms with van der Waals surface area (Å²) in [5, 5.41) is 13.9. The number of aromatic carboxylic acids is 1. The van der Waals surface area contributed by atoms with Gasteiger partial charge in [0, 0.05) is 5.39 Å². The van der Waals surface area contributed by atoms with Crippen LogP contribution in [0.3, 0.4) is 0 Å². The molecule has 1 heterocycles. The van der Waals surface area contributed by atoms with Gasteiger partial charge >= 0.3 is 5.97 Å². The summed E-state index contributed by atoms with van der Waals surface area (Å²) in [6.45, 7) is 0.286. The second-order valence-corrected chi connectivity index (χ2v) is 7.12. The zero-order valence-electron chi connectivity index (χ0n) is 17.2. The molecule has 2 N–H and O–H groups in total. The van der Waals surface area contributed by atoms with Gasteiger partial charge in [-0.25, -0.2) is 4.79 Å². The molecule has 0 bridgehead atoms. The second kappa shape index (κ2) is 9.66. The highest BCUT2D eigenvalue weighted by molar-refractivity contribution is 5.98. The number of rotatable bonds is 8. The maximum atomic E-state index is 12.9. The Hall–Kier alpha value is -4.32. The molecule has 3 aromatic carbocycles. The van der Waals surface area contributed by atoms with Gasteiger partial charge in [0.05, 0.1) is 23.9 Å². The molecule has 6 nitrogen and oxygen atoms in total. The molecule has 0 spiro atoms. The number of carboxylic acid groups (broad SMARTS) is 1. The van der Waals surface area contributed by atoms with E-state index in [1.807, 2.05) is 42.5 Å². The molecule has 4 aromatic rings. The van der Waals surface area contributed by atoms with Crippen molar-refractivity contribution in [3.63, 3.8) is 0 Å². The predicted molar refractivity (Wildman–Crippen MR) is 121 cm³/mol. The number of ether oxygens (including phenoxy) is 1. The molecule has 0 unspecified atom stereocenters. The molecule has 160 valence electrons. The van der Waals surface area contributed by atoms with E-state index in [-0.39, 0.29) is 24.6 Å². The van der Waals surface area contributed by atoms with Crippen molar-refractivity contribution >= 4 is 28.7 Å². The molecule has 0 aliphatic carbocycles. The fourth-order valence-corrected chi connectivity index (χ4v) is 3.27. The SMILES string of the molecule is O=C(NCc1ccco1)C(=Cc1ccc(C(=O)O)cc1)COc1cccc2ccccc12. The van der Waals surface area contributed by atoms with Crippen molar-refractivity contribution in [1.82, 2.24) is 5.32 Å². The van der Waals surface area contributed by atoms with E-state index in [0.29, 0.717) is 22.6 Å². The molecule has 0 saturated carbocycles. The number of fused-ring (bicyclic) bond motifs is 1. The van der Waals surface area contributed by atoms with Crippen LogP contribution in [0.5, 0.6) is 5.75 Å². The molecular weight excluding hydrogens is 406 g/mol. The quantitative estimate of drug-likeness (QED) is 0.390. The molecule has 0 aliphatic rings. The maximum Gasteiger partial charge on any atom is 0.335 e. The van der Waals surface area contributed by atoms with Crippen LogP contribution in [-0.4, -0.2) is 23.6 Å². The average Bonchev–Trinajstić information content (AvgIpc) is 3.34. The zero-order chi connectivity index (χ0) is 22.3. The summed E-state index contributed by atoms with van der Waals surface area (Å²) in [7, 11) is 0. The first-order chi connectivity index (χ1) is 15.6. The number of amides is 1. The molecule has 0 aliphatic heterocycles. The summed E-state index contributed by atoms with van der Waals surface area (Å²) in [6.07, 6.45) is 3.24. The van der Waals surface area contributed by atoms with Gasteiger partial charge in [-0.1, -0.05) is 48.5 Å². The predicted octanol–water partition coefficient (Wildman–Crippen LogP) is 4.91. The highest BCUT2D eigenvalue weighted by atomic mass is 16.5. The van der Waals surface area contributed by atoms with Crippen LogP contribution >= 0.6 is 0 Å². The van der Waals surface area contributed by atoms with E-state index < -0.39 is 5.97 Å². The number of carbonyl (C=O) groups excluding carboxylic acids is 1. The fraction of sp³-hybridized carbons (Fsp3) is 0.0769. The van der Waals surface area contributed by atoms with Crippen LogP contribution in [0.2, 0.25) is 0 Å². The molecule has 4 rings (SSSR count). The third-order valence-corrected chi connectivity index (χ3v) is 4.93. The molecule has 0 radical (unpaired) electrons. The summed E-state index contributed by atoms with van der Waals surface area (Å²) in [6, 6.07) is 23.5. The van der Waals surface area contributed by atoms with Gasteiger partial charge in [0.25, 0.3) is 5.91 Å². The summed E-state index contributed by atoms with van der Waals surface area (Å²) in [5.41, 5.74) is 1.27. The monoisotopic (exact) mass is 427 g/mol. The van der Waals surface area contributed by atoms with Crippen molar-refractivity contribution in [2.24, 2.45) is 0 Å². The Balaban J connectivity index is 1.57. The van der Waals surface area contributed by atoms with E-state index in [1.165, 1.54) is 12.1 Å². The Labute approximate surface area is 184 Å². The molecule has 0 fully saturated rings. The normalized spacial score (nSPS) is 11.3. The van der Waals surface area contributed by atoms with Gasteiger partial charge in [-0.3, -0.25) is 4.79 Å². The first-order valence-corrected chi connectivity index (χ1v) is 10.1. The minimum absolute atomic E-state index is 0.0404. The smallest absolute Gasteiger partial charge is 0.335 e. The highest BCUT2D eigenvalue weighted by Crippen LogP contribution is 2.25. The number of carbonyl (C=O) groups is 2. The van der Waals surface area contributed by atoms with Crippen LogP contribution in [0.15, 0.2) is 95.1 Å². The van der Waals surface area contributed by atoms with Crippen molar-refractivity contribution in [3.05, 3.63) is 108 Å². The van der Waals surface area contributed by atoms with Crippen molar-refractivity contribution in [2.75, 3.05) is 6.61 Å². The lowest BCUT2D eigenvalue weighted by Gasteiger charge is -2.12. The number of nitrogens with one attached hydrogen (secondary N) is 1. The topological polar surface area (TPSA) is 88.8 Å². The minimum atomic E-state index is -1.00. The number of furan rings is 1. The van der Waals surface area contributed by atoms with E-state index in [2.05, 4.69) is 5.32 Å². The molecule has 0 atom stereocenters. The lowest BCUT2D eigenvalue weighted by atomic mass is 10.1. The first-order valence-electron chi connectivity index (χ1n) is 10.1. The maximum absolute atomic E-state index is 12.9. The van der Waals surface area contributed by atoms with E-state index in [0.717, 1.165) is 10.8 Å². The summed E-state index contributed by atoms with van der Waals surface area (Å²) in [5.74, 6) is 0.00715. The van der Waals surface area contributed by atoms with Crippen LogP contribution in [0.1, 0.15) is 21.7 Å². The van der Waals surface area contributed by atoms with Crippen molar-refractivity contribution < 1.29 is 23.8 Å². The van der Waals surface area contributed by atoms with Gasteiger partial charge < -0.3 is 19.6 Å². The third kappa shape index (κ3) is 5.05. The largest absolute Gasteiger partial charge is 0.488 e. The second-order valence-electron chi connectivity index (χ2n) is 7.12. The molecular formula is C26H21NO5. The molecule has 0 saturated heterocycles. The number of carboxylic acids is 1. The minimum Gasteiger partial charge on any atom is -0.488 e. The molecule has 1 aromatic heterocycles.